The summed E-state index contributed by atoms with van der Waals surface area (Å²) < 4.78 is 26.9. The van der Waals surface area contributed by atoms with E-state index in [1.54, 1.807) is 43.3 Å². The lowest BCUT2D eigenvalue weighted by Crippen LogP contribution is -2.56. The van der Waals surface area contributed by atoms with Gasteiger partial charge in [-0.05, 0) is 62.6 Å². The normalized spacial score (nSPS) is 12.5. The summed E-state index contributed by atoms with van der Waals surface area (Å²) >= 11 is 12.7. The zero-order chi connectivity index (χ0) is 29.7. The number of amides is 2. The molecule has 214 valence electrons. The van der Waals surface area contributed by atoms with Gasteiger partial charge in [0, 0.05) is 28.5 Å². The van der Waals surface area contributed by atoms with Gasteiger partial charge in [0.15, 0.2) is 0 Å². The molecule has 0 aliphatic carbocycles. The van der Waals surface area contributed by atoms with Gasteiger partial charge < -0.3 is 10.2 Å². The van der Waals surface area contributed by atoms with Crippen molar-refractivity contribution in [3.63, 3.8) is 0 Å². The molecular formula is C30H35Cl2N3O4S. The van der Waals surface area contributed by atoms with E-state index in [-0.39, 0.29) is 18.9 Å². The molecule has 1 N–H and O–H groups in total. The van der Waals surface area contributed by atoms with Crippen LogP contribution in [0.2, 0.25) is 10.0 Å². The van der Waals surface area contributed by atoms with E-state index < -0.39 is 34.1 Å². The van der Waals surface area contributed by atoms with Crippen LogP contribution in [0.3, 0.4) is 0 Å². The molecule has 2 amide bonds. The minimum atomic E-state index is -3.90. The number of nitrogens with zero attached hydrogens (tertiary/aromatic N) is 2. The lowest BCUT2D eigenvalue weighted by atomic mass is 10.0. The fourth-order valence-corrected chi connectivity index (χ4v) is 5.52. The number of sulfonamides is 1. The van der Waals surface area contributed by atoms with Gasteiger partial charge in [-0.25, -0.2) is 8.42 Å². The third-order valence-electron chi connectivity index (χ3n) is 6.19. The number of halogens is 2. The summed E-state index contributed by atoms with van der Waals surface area (Å²) in [5.41, 5.74) is 1.83. The highest BCUT2D eigenvalue weighted by molar-refractivity contribution is 7.92. The molecule has 0 unspecified atom stereocenters. The molecule has 10 heteroatoms. The Hall–Kier alpha value is -3.07. The first-order valence-electron chi connectivity index (χ1n) is 12.8. The van der Waals surface area contributed by atoms with Crippen molar-refractivity contribution in [3.8, 4) is 0 Å². The third kappa shape index (κ3) is 8.71. The number of carbonyl (C=O) groups excluding carboxylic acids is 2. The Kier molecular flexibility index (Phi) is 10.3. The molecule has 0 aliphatic rings. The van der Waals surface area contributed by atoms with E-state index in [0.717, 1.165) is 16.1 Å². The van der Waals surface area contributed by atoms with E-state index in [0.29, 0.717) is 26.9 Å². The zero-order valence-corrected chi connectivity index (χ0v) is 25.6. The monoisotopic (exact) mass is 603 g/mol. The molecule has 0 aromatic heterocycles. The Morgan fingerprint density at radius 2 is 1.57 bits per heavy atom. The van der Waals surface area contributed by atoms with E-state index in [4.69, 9.17) is 23.2 Å². The number of anilines is 1. The van der Waals surface area contributed by atoms with Gasteiger partial charge in [0.25, 0.3) is 0 Å². The number of nitrogens with one attached hydrogen (secondary N) is 1. The molecule has 0 radical (unpaired) electrons. The highest BCUT2D eigenvalue weighted by Crippen LogP contribution is 2.27. The Morgan fingerprint density at radius 3 is 2.17 bits per heavy atom. The number of benzene rings is 3. The maximum absolute atomic E-state index is 14.2. The second kappa shape index (κ2) is 13.1. The molecule has 7 nitrogen and oxygen atoms in total. The highest BCUT2D eigenvalue weighted by atomic mass is 35.5. The number of rotatable bonds is 10. The Morgan fingerprint density at radius 1 is 0.950 bits per heavy atom. The van der Waals surface area contributed by atoms with Gasteiger partial charge in [0.2, 0.25) is 21.8 Å². The van der Waals surface area contributed by atoms with Crippen LogP contribution in [0.5, 0.6) is 0 Å². The summed E-state index contributed by atoms with van der Waals surface area (Å²) in [5.74, 6) is -0.920. The maximum Gasteiger partial charge on any atom is 0.244 e. The summed E-state index contributed by atoms with van der Waals surface area (Å²) in [6, 6.07) is 20.3. The molecule has 3 aromatic rings. The van der Waals surface area contributed by atoms with Crippen LogP contribution in [0.4, 0.5) is 5.69 Å². The average molecular weight is 605 g/mol. The van der Waals surface area contributed by atoms with Crippen LogP contribution in [-0.2, 0) is 32.6 Å². The second-order valence-corrected chi connectivity index (χ2v) is 13.5. The lowest BCUT2D eigenvalue weighted by molar-refractivity contribution is -0.140. The Bertz CT molecular complexity index is 1460. The summed E-state index contributed by atoms with van der Waals surface area (Å²) in [6.07, 6.45) is 1.25. The van der Waals surface area contributed by atoms with Crippen LogP contribution in [0.1, 0.15) is 37.5 Å². The first-order valence-corrected chi connectivity index (χ1v) is 15.4. The lowest BCUT2D eigenvalue weighted by Gasteiger charge is -2.35. The van der Waals surface area contributed by atoms with Crippen molar-refractivity contribution in [1.29, 1.82) is 0 Å². The van der Waals surface area contributed by atoms with Crippen molar-refractivity contribution in [2.24, 2.45) is 0 Å². The summed E-state index contributed by atoms with van der Waals surface area (Å²) in [4.78, 5) is 29.3. The smallest absolute Gasteiger partial charge is 0.244 e. The van der Waals surface area contributed by atoms with Crippen LogP contribution in [0.15, 0.2) is 72.8 Å². The fourth-order valence-electron chi connectivity index (χ4n) is 4.26. The molecule has 1 atom stereocenters. The highest BCUT2D eigenvalue weighted by Gasteiger charge is 2.34. The quantitative estimate of drug-likeness (QED) is 0.326. The van der Waals surface area contributed by atoms with Gasteiger partial charge >= 0.3 is 0 Å². The van der Waals surface area contributed by atoms with Gasteiger partial charge in [-0.3, -0.25) is 13.9 Å². The fraction of sp³-hybridized carbons (Fsp3) is 0.333. The average Bonchev–Trinajstić information content (AvgIpc) is 2.86. The Labute approximate surface area is 247 Å². The number of hydrogen-bond donors (Lipinski definition) is 1. The molecular weight excluding hydrogens is 569 g/mol. The number of aryl methyl sites for hydroxylation is 1. The molecule has 0 saturated heterocycles. The van der Waals surface area contributed by atoms with Crippen LogP contribution >= 0.6 is 23.2 Å². The molecule has 0 fully saturated rings. The van der Waals surface area contributed by atoms with Gasteiger partial charge in [0.1, 0.15) is 12.6 Å². The SMILES string of the molecule is Cc1ccc(Cl)cc1N(CC(=O)N(Cc1ccccc1Cl)[C@@H](Cc1ccccc1)C(=O)NC(C)(C)C)S(C)(=O)=O. The third-order valence-corrected chi connectivity index (χ3v) is 7.92. The largest absolute Gasteiger partial charge is 0.350 e. The Balaban J connectivity index is 2.11. The van der Waals surface area contributed by atoms with Gasteiger partial charge in [-0.2, -0.15) is 0 Å². The van der Waals surface area contributed by atoms with Gasteiger partial charge in [-0.15, -0.1) is 0 Å². The van der Waals surface area contributed by atoms with Crippen molar-refractivity contribution in [2.75, 3.05) is 17.1 Å². The topological polar surface area (TPSA) is 86.8 Å². The van der Waals surface area contributed by atoms with Gasteiger partial charge in [-0.1, -0.05) is 77.8 Å². The minimum absolute atomic E-state index is 0.000298. The molecule has 0 saturated carbocycles. The molecule has 3 aromatic carbocycles. The molecule has 0 spiro atoms. The minimum Gasteiger partial charge on any atom is -0.350 e. The van der Waals surface area contributed by atoms with Crippen molar-refractivity contribution >= 4 is 50.7 Å². The zero-order valence-electron chi connectivity index (χ0n) is 23.3. The van der Waals surface area contributed by atoms with E-state index >= 15 is 0 Å². The van der Waals surface area contributed by atoms with E-state index in [1.807, 2.05) is 51.1 Å². The molecule has 0 heterocycles. The van der Waals surface area contributed by atoms with Gasteiger partial charge in [0.05, 0.1) is 11.9 Å². The van der Waals surface area contributed by atoms with Crippen LogP contribution in [-0.4, -0.2) is 49.5 Å². The van der Waals surface area contributed by atoms with Crippen molar-refractivity contribution in [3.05, 3.63) is 99.5 Å². The predicted octanol–water partition coefficient (Wildman–Crippen LogP) is 5.62. The molecule has 3 rings (SSSR count). The molecule has 40 heavy (non-hydrogen) atoms. The van der Waals surface area contributed by atoms with E-state index in [2.05, 4.69) is 5.32 Å². The van der Waals surface area contributed by atoms with Crippen molar-refractivity contribution in [1.82, 2.24) is 10.2 Å². The summed E-state index contributed by atoms with van der Waals surface area (Å²) in [5, 5.41) is 3.76. The number of carbonyl (C=O) groups is 2. The van der Waals surface area contributed by atoms with Crippen LogP contribution < -0.4 is 9.62 Å². The standard InChI is InChI=1S/C30H35Cl2N3O4S/c1-21-15-16-24(31)18-26(21)35(40(5,38)39)20-28(36)34(19-23-13-9-10-14-25(23)32)27(29(37)33-30(2,3)4)17-22-11-7-6-8-12-22/h6-16,18,27H,17,19-20H2,1-5H3,(H,33,37)/t27-/m0/s1. The van der Waals surface area contributed by atoms with E-state index in [9.17, 15) is 18.0 Å². The number of hydrogen-bond acceptors (Lipinski definition) is 4. The molecule has 0 aliphatic heterocycles. The first-order chi connectivity index (χ1) is 18.7. The second-order valence-electron chi connectivity index (χ2n) is 10.8. The van der Waals surface area contributed by atoms with Crippen LogP contribution in [0.25, 0.3) is 0 Å². The summed E-state index contributed by atoms with van der Waals surface area (Å²) in [7, 11) is -3.90. The maximum atomic E-state index is 14.2. The van der Waals surface area contributed by atoms with E-state index in [1.165, 1.54) is 11.0 Å². The van der Waals surface area contributed by atoms with Crippen LogP contribution in [0, 0.1) is 6.92 Å². The summed E-state index contributed by atoms with van der Waals surface area (Å²) in [6.45, 7) is 6.79. The first kappa shape index (κ1) is 31.5. The predicted molar refractivity (Wildman–Crippen MR) is 162 cm³/mol. The van der Waals surface area contributed by atoms with Crippen molar-refractivity contribution in [2.45, 2.75) is 52.2 Å². The van der Waals surface area contributed by atoms with Crippen molar-refractivity contribution < 1.29 is 18.0 Å². The molecule has 0 bridgehead atoms.